The van der Waals surface area contributed by atoms with Gasteiger partial charge in [-0.3, -0.25) is 4.79 Å². The monoisotopic (exact) mass is 329 g/mol. The van der Waals surface area contributed by atoms with Gasteiger partial charge < -0.3 is 10.1 Å². The lowest BCUT2D eigenvalue weighted by Gasteiger charge is -2.24. The van der Waals surface area contributed by atoms with E-state index in [-0.39, 0.29) is 12.2 Å². The van der Waals surface area contributed by atoms with Crippen molar-refractivity contribution in [2.24, 2.45) is 0 Å². The summed E-state index contributed by atoms with van der Waals surface area (Å²) in [5, 5.41) is 2.49. The lowest BCUT2D eigenvalue weighted by molar-refractivity contribution is 0.0842. The van der Waals surface area contributed by atoms with Crippen molar-refractivity contribution in [2.45, 2.75) is 32.9 Å². The van der Waals surface area contributed by atoms with E-state index in [0.29, 0.717) is 0 Å². The number of halogens is 1. The minimum atomic E-state index is -1.29. The topological polar surface area (TPSA) is 55.4 Å². The van der Waals surface area contributed by atoms with Crippen LogP contribution in [0.5, 0.6) is 0 Å². The zero-order valence-corrected chi connectivity index (χ0v) is 13.9. The first kappa shape index (κ1) is 17.7. The number of ketones is 1. The van der Waals surface area contributed by atoms with Crippen LogP contribution in [0.4, 0.5) is 9.18 Å². The molecule has 2 aromatic rings. The standard InChI is InChI=1S/C19H20FNO3/c1-13-9-10-15(16(20)11-13)17(22)19(2,3)21-18(23)24-12-14-7-5-4-6-8-14/h4-11H,12H2,1-3H3,(H,21,23). The molecule has 1 amide bonds. The van der Waals surface area contributed by atoms with Crippen LogP contribution in [-0.4, -0.2) is 17.4 Å². The molecule has 0 heterocycles. The highest BCUT2D eigenvalue weighted by Gasteiger charge is 2.32. The van der Waals surface area contributed by atoms with Gasteiger partial charge in [0.2, 0.25) is 0 Å². The van der Waals surface area contributed by atoms with Gasteiger partial charge in [0.25, 0.3) is 0 Å². The molecule has 0 spiro atoms. The van der Waals surface area contributed by atoms with E-state index >= 15 is 0 Å². The van der Waals surface area contributed by atoms with Crippen LogP contribution in [0.2, 0.25) is 0 Å². The van der Waals surface area contributed by atoms with Crippen molar-refractivity contribution in [2.75, 3.05) is 0 Å². The fourth-order valence-corrected chi connectivity index (χ4v) is 2.21. The molecule has 5 heteroatoms. The third kappa shape index (κ3) is 4.41. The van der Waals surface area contributed by atoms with Crippen LogP contribution in [0.15, 0.2) is 48.5 Å². The van der Waals surface area contributed by atoms with Crippen molar-refractivity contribution in [1.82, 2.24) is 5.32 Å². The van der Waals surface area contributed by atoms with Crippen LogP contribution in [0.25, 0.3) is 0 Å². The molecule has 0 aliphatic carbocycles. The highest BCUT2D eigenvalue weighted by molar-refractivity contribution is 6.04. The number of aryl methyl sites for hydroxylation is 1. The quantitative estimate of drug-likeness (QED) is 0.843. The number of ether oxygens (including phenoxy) is 1. The molecule has 0 fully saturated rings. The molecule has 0 saturated heterocycles. The van der Waals surface area contributed by atoms with Gasteiger partial charge in [0.05, 0.1) is 5.56 Å². The van der Waals surface area contributed by atoms with E-state index in [1.807, 2.05) is 30.3 Å². The van der Waals surface area contributed by atoms with Gasteiger partial charge >= 0.3 is 6.09 Å². The molecule has 0 aromatic heterocycles. The minimum absolute atomic E-state index is 0.0611. The maximum atomic E-state index is 14.0. The van der Waals surface area contributed by atoms with E-state index in [1.165, 1.54) is 26.0 Å². The highest BCUT2D eigenvalue weighted by Crippen LogP contribution is 2.18. The van der Waals surface area contributed by atoms with Gasteiger partial charge in [-0.1, -0.05) is 36.4 Å². The maximum Gasteiger partial charge on any atom is 0.408 e. The third-order valence-electron chi connectivity index (χ3n) is 3.56. The number of carbonyl (C=O) groups excluding carboxylic acids is 2. The van der Waals surface area contributed by atoms with Gasteiger partial charge in [-0.15, -0.1) is 0 Å². The molecule has 126 valence electrons. The normalized spacial score (nSPS) is 11.0. The first-order chi connectivity index (χ1) is 11.3. The molecule has 0 radical (unpaired) electrons. The van der Waals surface area contributed by atoms with E-state index < -0.39 is 23.2 Å². The van der Waals surface area contributed by atoms with Crippen LogP contribution in [0.3, 0.4) is 0 Å². The highest BCUT2D eigenvalue weighted by atomic mass is 19.1. The van der Waals surface area contributed by atoms with E-state index in [0.717, 1.165) is 11.1 Å². The number of alkyl carbamates (subject to hydrolysis) is 1. The molecular formula is C19H20FNO3. The molecule has 1 N–H and O–H groups in total. The summed E-state index contributed by atoms with van der Waals surface area (Å²) in [6.07, 6.45) is -0.732. The van der Waals surface area contributed by atoms with Gasteiger partial charge in [-0.25, -0.2) is 9.18 Å². The van der Waals surface area contributed by atoms with Crippen molar-refractivity contribution in [3.05, 3.63) is 71.0 Å². The molecule has 0 atom stereocenters. The Hall–Kier alpha value is -2.69. The summed E-state index contributed by atoms with van der Waals surface area (Å²) in [6, 6.07) is 13.6. The number of carbonyl (C=O) groups is 2. The Bertz CT molecular complexity index is 742. The van der Waals surface area contributed by atoms with Crippen LogP contribution < -0.4 is 5.32 Å². The Morgan fingerprint density at radius 1 is 1.12 bits per heavy atom. The molecule has 24 heavy (non-hydrogen) atoms. The van der Waals surface area contributed by atoms with E-state index in [4.69, 9.17) is 4.74 Å². The summed E-state index contributed by atoms with van der Waals surface area (Å²) in [6.45, 7) is 4.86. The second kappa shape index (κ2) is 7.25. The summed E-state index contributed by atoms with van der Waals surface area (Å²) in [7, 11) is 0. The van der Waals surface area contributed by atoms with Crippen molar-refractivity contribution in [3.63, 3.8) is 0 Å². The summed E-state index contributed by atoms with van der Waals surface area (Å²) in [5.41, 5.74) is 0.205. The first-order valence-electron chi connectivity index (χ1n) is 7.59. The maximum absolute atomic E-state index is 14.0. The molecule has 0 aliphatic heterocycles. The number of nitrogens with one attached hydrogen (secondary N) is 1. The summed E-state index contributed by atoms with van der Waals surface area (Å²) in [5.74, 6) is -1.12. The SMILES string of the molecule is Cc1ccc(C(=O)C(C)(C)NC(=O)OCc2ccccc2)c(F)c1. The third-order valence-corrected chi connectivity index (χ3v) is 3.56. The lowest BCUT2D eigenvalue weighted by Crippen LogP contribution is -2.50. The fourth-order valence-electron chi connectivity index (χ4n) is 2.21. The summed E-state index contributed by atoms with van der Waals surface area (Å²) >= 11 is 0. The molecule has 2 aromatic carbocycles. The summed E-state index contributed by atoms with van der Waals surface area (Å²) < 4.78 is 19.1. The molecule has 0 unspecified atom stereocenters. The predicted molar refractivity (Wildman–Crippen MR) is 89.3 cm³/mol. The second-order valence-electron chi connectivity index (χ2n) is 6.12. The van der Waals surface area contributed by atoms with Crippen LogP contribution in [0.1, 0.15) is 35.3 Å². The Morgan fingerprint density at radius 3 is 2.42 bits per heavy atom. The number of Topliss-reactive ketones (excluding diaryl/α,β-unsaturated/α-hetero) is 1. The Balaban J connectivity index is 2.01. The molecule has 0 aliphatic rings. The second-order valence-corrected chi connectivity index (χ2v) is 6.12. The van der Waals surface area contributed by atoms with Crippen LogP contribution >= 0.6 is 0 Å². The zero-order valence-electron chi connectivity index (χ0n) is 13.9. The van der Waals surface area contributed by atoms with E-state index in [9.17, 15) is 14.0 Å². The first-order valence-corrected chi connectivity index (χ1v) is 7.59. The van der Waals surface area contributed by atoms with Crippen LogP contribution in [0, 0.1) is 12.7 Å². The Kier molecular flexibility index (Phi) is 5.34. The van der Waals surface area contributed by atoms with Gasteiger partial charge in [0, 0.05) is 0 Å². The number of benzene rings is 2. The molecule has 0 saturated carbocycles. The fraction of sp³-hybridized carbons (Fsp3) is 0.263. The van der Waals surface area contributed by atoms with E-state index in [2.05, 4.69) is 5.32 Å². The van der Waals surface area contributed by atoms with Gasteiger partial charge in [-0.2, -0.15) is 0 Å². The van der Waals surface area contributed by atoms with Crippen molar-refractivity contribution in [1.29, 1.82) is 0 Å². The predicted octanol–water partition coefficient (Wildman–Crippen LogP) is 4.02. The zero-order chi connectivity index (χ0) is 17.7. The number of hydrogen-bond donors (Lipinski definition) is 1. The molecule has 4 nitrogen and oxygen atoms in total. The Morgan fingerprint density at radius 2 is 1.79 bits per heavy atom. The number of rotatable bonds is 5. The smallest absolute Gasteiger partial charge is 0.408 e. The number of amides is 1. The van der Waals surface area contributed by atoms with Crippen LogP contribution in [-0.2, 0) is 11.3 Å². The van der Waals surface area contributed by atoms with Gasteiger partial charge in [-0.05, 0) is 44.0 Å². The average molecular weight is 329 g/mol. The number of hydrogen-bond acceptors (Lipinski definition) is 3. The van der Waals surface area contributed by atoms with Gasteiger partial charge in [0.1, 0.15) is 18.0 Å². The minimum Gasteiger partial charge on any atom is -0.445 e. The molecule has 2 rings (SSSR count). The Labute approximate surface area is 140 Å². The molecular weight excluding hydrogens is 309 g/mol. The van der Waals surface area contributed by atoms with Crippen molar-refractivity contribution in [3.8, 4) is 0 Å². The lowest BCUT2D eigenvalue weighted by atomic mass is 9.92. The summed E-state index contributed by atoms with van der Waals surface area (Å²) in [4.78, 5) is 24.4. The average Bonchev–Trinajstić information content (AvgIpc) is 2.53. The van der Waals surface area contributed by atoms with E-state index in [1.54, 1.807) is 13.0 Å². The van der Waals surface area contributed by atoms with Crippen molar-refractivity contribution >= 4 is 11.9 Å². The van der Waals surface area contributed by atoms with Crippen molar-refractivity contribution < 1.29 is 18.7 Å². The van der Waals surface area contributed by atoms with Gasteiger partial charge in [0.15, 0.2) is 5.78 Å². The molecule has 0 bridgehead atoms. The largest absolute Gasteiger partial charge is 0.445 e.